The van der Waals surface area contributed by atoms with Crippen molar-refractivity contribution in [2.75, 3.05) is 0 Å². The molecule has 1 nitrogen and oxygen atoms in total. The van der Waals surface area contributed by atoms with Crippen LogP contribution in [0, 0.1) is 12.7 Å². The van der Waals surface area contributed by atoms with Gasteiger partial charge in [0.2, 0.25) is 0 Å². The lowest BCUT2D eigenvalue weighted by Gasteiger charge is -2.14. The number of thiophene rings is 1. The van der Waals surface area contributed by atoms with Gasteiger partial charge in [-0.1, -0.05) is 15.9 Å². The van der Waals surface area contributed by atoms with Crippen LogP contribution in [0.15, 0.2) is 34.1 Å². The van der Waals surface area contributed by atoms with Gasteiger partial charge in [-0.25, -0.2) is 4.39 Å². The molecule has 1 atom stereocenters. The zero-order valence-corrected chi connectivity index (χ0v) is 11.1. The molecule has 2 N–H and O–H groups in total. The highest BCUT2D eigenvalue weighted by atomic mass is 79.9. The van der Waals surface area contributed by atoms with Crippen molar-refractivity contribution >= 4 is 27.3 Å². The number of benzene rings is 1. The smallest absolute Gasteiger partial charge is 0.123 e. The second kappa shape index (κ2) is 4.65. The van der Waals surface area contributed by atoms with E-state index in [9.17, 15) is 4.39 Å². The van der Waals surface area contributed by atoms with Crippen LogP contribution >= 0.6 is 27.3 Å². The normalized spacial score (nSPS) is 12.8. The molecule has 1 aromatic heterocycles. The van der Waals surface area contributed by atoms with Crippen LogP contribution < -0.4 is 5.73 Å². The molecule has 0 bridgehead atoms. The van der Waals surface area contributed by atoms with E-state index in [-0.39, 0.29) is 11.9 Å². The minimum atomic E-state index is -0.281. The molecule has 0 amide bonds. The number of hydrogen-bond donors (Lipinski definition) is 1. The van der Waals surface area contributed by atoms with Crippen LogP contribution in [0.1, 0.15) is 22.0 Å². The fraction of sp³-hybridized carbons (Fsp3) is 0.167. The molecule has 0 aliphatic rings. The molecule has 0 spiro atoms. The summed E-state index contributed by atoms with van der Waals surface area (Å²) in [6.07, 6.45) is 0. The summed E-state index contributed by atoms with van der Waals surface area (Å²) in [7, 11) is 0. The van der Waals surface area contributed by atoms with Crippen molar-refractivity contribution in [3.05, 3.63) is 55.9 Å². The summed E-state index contributed by atoms with van der Waals surface area (Å²) < 4.78 is 14.0. The SMILES string of the molecule is Cc1sccc1C(N)c1cc(F)ccc1Br. The second-order valence-corrected chi connectivity index (χ2v) is 5.55. The molecule has 0 saturated carbocycles. The van der Waals surface area contributed by atoms with Gasteiger partial charge in [-0.3, -0.25) is 0 Å². The molecule has 2 rings (SSSR count). The molecule has 1 aromatic carbocycles. The molecule has 0 aliphatic heterocycles. The average Bonchev–Trinajstić information content (AvgIpc) is 2.67. The predicted molar refractivity (Wildman–Crippen MR) is 69.2 cm³/mol. The summed E-state index contributed by atoms with van der Waals surface area (Å²) in [5.74, 6) is -0.262. The Bertz CT molecular complexity index is 509. The topological polar surface area (TPSA) is 26.0 Å². The van der Waals surface area contributed by atoms with E-state index in [1.165, 1.54) is 17.0 Å². The van der Waals surface area contributed by atoms with Crippen molar-refractivity contribution in [2.45, 2.75) is 13.0 Å². The van der Waals surface area contributed by atoms with E-state index >= 15 is 0 Å². The molecule has 2 aromatic rings. The van der Waals surface area contributed by atoms with Gasteiger partial charge < -0.3 is 5.73 Å². The van der Waals surface area contributed by atoms with Gasteiger partial charge in [0.05, 0.1) is 6.04 Å². The van der Waals surface area contributed by atoms with Gasteiger partial charge in [-0.05, 0) is 47.7 Å². The van der Waals surface area contributed by atoms with E-state index < -0.39 is 0 Å². The zero-order valence-electron chi connectivity index (χ0n) is 8.71. The summed E-state index contributed by atoms with van der Waals surface area (Å²) in [4.78, 5) is 1.17. The minimum absolute atomic E-state index is 0.262. The monoisotopic (exact) mass is 299 g/mol. The van der Waals surface area contributed by atoms with E-state index in [0.717, 1.165) is 15.6 Å². The standard InChI is InChI=1S/C12H11BrFNS/c1-7-9(4-5-16-7)12(15)10-6-8(14)2-3-11(10)13/h2-6,12H,15H2,1H3. The van der Waals surface area contributed by atoms with Gasteiger partial charge in [0.15, 0.2) is 0 Å². The number of halogens is 2. The Morgan fingerprint density at radius 3 is 2.69 bits per heavy atom. The van der Waals surface area contributed by atoms with Crippen molar-refractivity contribution in [1.82, 2.24) is 0 Å². The Hall–Kier alpha value is -0.710. The molecule has 4 heteroatoms. The van der Waals surface area contributed by atoms with Crippen LogP contribution in [0.3, 0.4) is 0 Å². The Morgan fingerprint density at radius 1 is 1.31 bits per heavy atom. The highest BCUT2D eigenvalue weighted by Gasteiger charge is 2.15. The Morgan fingerprint density at radius 2 is 2.06 bits per heavy atom. The molecule has 0 saturated heterocycles. The molecule has 16 heavy (non-hydrogen) atoms. The molecular formula is C12H11BrFNS. The van der Waals surface area contributed by atoms with E-state index in [0.29, 0.717) is 0 Å². The summed E-state index contributed by atoms with van der Waals surface area (Å²) in [6, 6.07) is 6.29. The molecule has 0 aliphatic carbocycles. The first-order chi connectivity index (χ1) is 7.59. The quantitative estimate of drug-likeness (QED) is 0.891. The van der Waals surface area contributed by atoms with Gasteiger partial charge in [-0.2, -0.15) is 0 Å². The van der Waals surface area contributed by atoms with Crippen molar-refractivity contribution in [3.63, 3.8) is 0 Å². The molecule has 1 unspecified atom stereocenters. The lowest BCUT2D eigenvalue weighted by Crippen LogP contribution is -2.12. The van der Waals surface area contributed by atoms with Gasteiger partial charge in [0.1, 0.15) is 5.82 Å². The highest BCUT2D eigenvalue weighted by molar-refractivity contribution is 9.10. The average molecular weight is 300 g/mol. The second-order valence-electron chi connectivity index (χ2n) is 3.58. The number of rotatable bonds is 2. The van der Waals surface area contributed by atoms with Crippen molar-refractivity contribution in [2.24, 2.45) is 5.73 Å². The third-order valence-corrected chi connectivity index (χ3v) is 4.11. The van der Waals surface area contributed by atoms with E-state index in [4.69, 9.17) is 5.73 Å². The number of nitrogens with two attached hydrogens (primary N) is 1. The lowest BCUT2D eigenvalue weighted by atomic mass is 10.0. The molecule has 84 valence electrons. The van der Waals surface area contributed by atoms with Crippen LogP contribution in [-0.2, 0) is 0 Å². The number of hydrogen-bond acceptors (Lipinski definition) is 2. The van der Waals surface area contributed by atoms with Gasteiger partial charge in [-0.15, -0.1) is 11.3 Å². The maximum atomic E-state index is 13.2. The fourth-order valence-electron chi connectivity index (χ4n) is 1.64. The van der Waals surface area contributed by atoms with Crippen LogP contribution in [0.25, 0.3) is 0 Å². The fourth-order valence-corrected chi connectivity index (χ4v) is 2.88. The van der Waals surface area contributed by atoms with Crippen LogP contribution in [0.5, 0.6) is 0 Å². The van der Waals surface area contributed by atoms with Gasteiger partial charge in [0, 0.05) is 9.35 Å². The summed E-state index contributed by atoms with van der Waals surface area (Å²) in [5.41, 5.74) is 7.97. The Balaban J connectivity index is 2.45. The first-order valence-corrected chi connectivity index (χ1v) is 6.51. The van der Waals surface area contributed by atoms with E-state index in [2.05, 4.69) is 15.9 Å². The van der Waals surface area contributed by atoms with Crippen molar-refractivity contribution in [3.8, 4) is 0 Å². The summed E-state index contributed by atoms with van der Waals surface area (Å²) in [5, 5.41) is 2.00. The first kappa shape index (κ1) is 11.8. The van der Waals surface area contributed by atoms with E-state index in [1.54, 1.807) is 17.4 Å². The van der Waals surface area contributed by atoms with Crippen molar-refractivity contribution < 1.29 is 4.39 Å². The zero-order chi connectivity index (χ0) is 11.7. The van der Waals surface area contributed by atoms with Crippen LogP contribution in [0.4, 0.5) is 4.39 Å². The third kappa shape index (κ3) is 2.19. The van der Waals surface area contributed by atoms with Crippen LogP contribution in [-0.4, -0.2) is 0 Å². The summed E-state index contributed by atoms with van der Waals surface area (Å²) >= 11 is 5.05. The van der Waals surface area contributed by atoms with Gasteiger partial charge >= 0.3 is 0 Å². The largest absolute Gasteiger partial charge is 0.320 e. The number of aryl methyl sites for hydroxylation is 1. The molecule has 0 fully saturated rings. The predicted octanol–water partition coefficient (Wildman–Crippen LogP) is 4.01. The minimum Gasteiger partial charge on any atom is -0.320 e. The highest BCUT2D eigenvalue weighted by Crippen LogP contribution is 2.30. The Kier molecular flexibility index (Phi) is 3.42. The molecule has 1 heterocycles. The summed E-state index contributed by atoms with van der Waals surface area (Å²) in [6.45, 7) is 2.02. The maximum Gasteiger partial charge on any atom is 0.123 e. The van der Waals surface area contributed by atoms with Gasteiger partial charge in [0.25, 0.3) is 0 Å². The Labute approximate surface area is 106 Å². The maximum absolute atomic E-state index is 13.2. The van der Waals surface area contributed by atoms with E-state index in [1.807, 2.05) is 18.4 Å². The van der Waals surface area contributed by atoms with Crippen LogP contribution in [0.2, 0.25) is 0 Å². The molecule has 0 radical (unpaired) electrons. The van der Waals surface area contributed by atoms with Crippen molar-refractivity contribution in [1.29, 1.82) is 0 Å². The first-order valence-electron chi connectivity index (χ1n) is 4.84. The lowest BCUT2D eigenvalue weighted by molar-refractivity contribution is 0.623. The molecular weight excluding hydrogens is 289 g/mol. The third-order valence-electron chi connectivity index (χ3n) is 2.53.